The Kier molecular flexibility index (Phi) is 5.93. The summed E-state index contributed by atoms with van der Waals surface area (Å²) < 4.78 is 0. The van der Waals surface area contributed by atoms with Gasteiger partial charge in [-0.25, -0.2) is 9.59 Å². The Morgan fingerprint density at radius 3 is 2.50 bits per heavy atom. The van der Waals surface area contributed by atoms with Crippen LogP contribution in [0.3, 0.4) is 0 Å². The molecule has 0 aliphatic carbocycles. The SMILES string of the molecule is Cc1cccc(NC(=O)NCC(=O)N2[C@@H](C(=O)O)CC[C@H]2c2ccccc2)c1. The number of carbonyl (C=O) groups excluding carboxylic acids is 2. The maximum Gasteiger partial charge on any atom is 0.326 e. The average Bonchev–Trinajstić information content (AvgIpc) is 3.12. The van der Waals surface area contributed by atoms with Gasteiger partial charge in [0.2, 0.25) is 5.91 Å². The van der Waals surface area contributed by atoms with Gasteiger partial charge in [0.1, 0.15) is 6.04 Å². The number of amides is 3. The molecule has 1 aliphatic rings. The monoisotopic (exact) mass is 381 g/mol. The summed E-state index contributed by atoms with van der Waals surface area (Å²) in [6, 6.07) is 14.9. The van der Waals surface area contributed by atoms with Crippen molar-refractivity contribution in [2.24, 2.45) is 0 Å². The molecule has 0 saturated carbocycles. The number of nitrogens with zero attached hydrogens (tertiary/aromatic N) is 1. The fourth-order valence-corrected chi connectivity index (χ4v) is 3.55. The third-order valence-corrected chi connectivity index (χ3v) is 4.82. The van der Waals surface area contributed by atoms with Crippen LogP contribution in [0.4, 0.5) is 10.5 Å². The van der Waals surface area contributed by atoms with Gasteiger partial charge in [0.25, 0.3) is 0 Å². The predicted molar refractivity (Wildman–Crippen MR) is 105 cm³/mol. The predicted octanol–water partition coefficient (Wildman–Crippen LogP) is 2.93. The van der Waals surface area contributed by atoms with E-state index in [2.05, 4.69) is 10.6 Å². The number of aryl methyl sites for hydroxylation is 1. The van der Waals surface area contributed by atoms with Gasteiger partial charge < -0.3 is 20.6 Å². The molecule has 0 unspecified atom stereocenters. The van der Waals surface area contributed by atoms with Crippen LogP contribution in [0.15, 0.2) is 54.6 Å². The molecule has 0 radical (unpaired) electrons. The standard InChI is InChI=1S/C21H23N3O4/c1-14-6-5-9-16(12-14)23-21(28)22-13-19(25)24-17(10-11-18(24)20(26)27)15-7-3-2-4-8-15/h2-9,12,17-18H,10-11,13H2,1H3,(H,26,27)(H2,22,23,28)/t17-,18+/m0/s1. The first-order valence-electron chi connectivity index (χ1n) is 9.16. The van der Waals surface area contributed by atoms with Crippen molar-refractivity contribution in [3.8, 4) is 0 Å². The number of benzene rings is 2. The Morgan fingerprint density at radius 1 is 1.07 bits per heavy atom. The van der Waals surface area contributed by atoms with Gasteiger partial charge in [-0.2, -0.15) is 0 Å². The van der Waals surface area contributed by atoms with Crippen LogP contribution < -0.4 is 10.6 Å². The molecule has 0 bridgehead atoms. The van der Waals surface area contributed by atoms with Gasteiger partial charge in [-0.1, -0.05) is 42.5 Å². The maximum absolute atomic E-state index is 12.8. The first-order valence-corrected chi connectivity index (χ1v) is 9.16. The highest BCUT2D eigenvalue weighted by Crippen LogP contribution is 2.36. The first-order chi connectivity index (χ1) is 13.5. The lowest BCUT2D eigenvalue weighted by atomic mass is 10.0. The van der Waals surface area contributed by atoms with Crippen molar-refractivity contribution in [2.45, 2.75) is 31.8 Å². The zero-order valence-electron chi connectivity index (χ0n) is 15.6. The van der Waals surface area contributed by atoms with Gasteiger partial charge in [-0.3, -0.25) is 4.79 Å². The van der Waals surface area contributed by atoms with E-state index in [9.17, 15) is 19.5 Å². The van der Waals surface area contributed by atoms with Crippen molar-refractivity contribution in [3.05, 3.63) is 65.7 Å². The highest BCUT2D eigenvalue weighted by atomic mass is 16.4. The number of carboxylic acid groups (broad SMARTS) is 1. The second-order valence-electron chi connectivity index (χ2n) is 6.84. The van der Waals surface area contributed by atoms with Gasteiger partial charge in [0, 0.05) is 5.69 Å². The molecule has 3 N–H and O–H groups in total. The number of rotatable bonds is 5. The minimum atomic E-state index is -1.03. The molecule has 7 nitrogen and oxygen atoms in total. The summed E-state index contributed by atoms with van der Waals surface area (Å²) in [6.07, 6.45) is 0.957. The van der Waals surface area contributed by atoms with Crippen molar-refractivity contribution >= 4 is 23.6 Å². The van der Waals surface area contributed by atoms with Gasteiger partial charge in [0.15, 0.2) is 0 Å². The van der Waals surface area contributed by atoms with E-state index >= 15 is 0 Å². The van der Waals surface area contributed by atoms with Crippen LogP contribution in [-0.4, -0.2) is 40.5 Å². The molecule has 1 heterocycles. The molecular weight excluding hydrogens is 358 g/mol. The fraction of sp³-hybridized carbons (Fsp3) is 0.286. The molecule has 1 aliphatic heterocycles. The average molecular weight is 381 g/mol. The van der Waals surface area contributed by atoms with Crippen molar-refractivity contribution in [3.63, 3.8) is 0 Å². The number of carbonyl (C=O) groups is 3. The second-order valence-corrected chi connectivity index (χ2v) is 6.84. The lowest BCUT2D eigenvalue weighted by Gasteiger charge is -2.28. The van der Waals surface area contributed by atoms with E-state index in [-0.39, 0.29) is 12.6 Å². The summed E-state index contributed by atoms with van der Waals surface area (Å²) >= 11 is 0. The van der Waals surface area contributed by atoms with Gasteiger partial charge in [-0.15, -0.1) is 0 Å². The molecular formula is C21H23N3O4. The van der Waals surface area contributed by atoms with Crippen molar-refractivity contribution in [1.82, 2.24) is 10.2 Å². The molecule has 2 atom stereocenters. The maximum atomic E-state index is 12.8. The van der Waals surface area contributed by atoms with E-state index in [1.165, 1.54) is 4.90 Å². The van der Waals surface area contributed by atoms with E-state index in [0.29, 0.717) is 18.5 Å². The van der Waals surface area contributed by atoms with Gasteiger partial charge in [0.05, 0.1) is 12.6 Å². The van der Waals surface area contributed by atoms with Crippen LogP contribution in [0.5, 0.6) is 0 Å². The Labute approximate surface area is 163 Å². The van der Waals surface area contributed by atoms with E-state index in [1.54, 1.807) is 6.07 Å². The molecule has 2 aromatic rings. The summed E-state index contributed by atoms with van der Waals surface area (Å²) in [5, 5.41) is 14.7. The third-order valence-electron chi connectivity index (χ3n) is 4.82. The summed E-state index contributed by atoms with van der Waals surface area (Å²) in [6.45, 7) is 1.64. The second kappa shape index (κ2) is 8.56. The lowest BCUT2D eigenvalue weighted by Crippen LogP contribution is -2.47. The van der Waals surface area contributed by atoms with Crippen molar-refractivity contribution in [2.75, 3.05) is 11.9 Å². The highest BCUT2D eigenvalue weighted by Gasteiger charge is 2.41. The molecule has 0 spiro atoms. The van der Waals surface area contributed by atoms with Gasteiger partial charge in [-0.05, 0) is 43.0 Å². The van der Waals surface area contributed by atoms with Crippen LogP contribution in [0.25, 0.3) is 0 Å². The molecule has 28 heavy (non-hydrogen) atoms. The Bertz CT molecular complexity index is 869. The van der Waals surface area contributed by atoms with E-state index in [0.717, 1.165) is 11.1 Å². The number of likely N-dealkylation sites (tertiary alicyclic amines) is 1. The van der Waals surface area contributed by atoms with Crippen LogP contribution in [-0.2, 0) is 9.59 Å². The normalized spacial score (nSPS) is 18.5. The van der Waals surface area contributed by atoms with Crippen molar-refractivity contribution in [1.29, 1.82) is 0 Å². The zero-order valence-corrected chi connectivity index (χ0v) is 15.6. The van der Waals surface area contributed by atoms with Crippen molar-refractivity contribution < 1.29 is 19.5 Å². The number of carboxylic acids is 1. The molecule has 146 valence electrons. The highest BCUT2D eigenvalue weighted by molar-refractivity contribution is 5.93. The number of hydrogen-bond acceptors (Lipinski definition) is 3. The van der Waals surface area contributed by atoms with E-state index in [1.807, 2.05) is 55.5 Å². The fourth-order valence-electron chi connectivity index (χ4n) is 3.55. The summed E-state index contributed by atoms with van der Waals surface area (Å²) in [4.78, 5) is 37.9. The molecule has 3 amide bonds. The number of anilines is 1. The van der Waals surface area contributed by atoms with Gasteiger partial charge >= 0.3 is 12.0 Å². The van der Waals surface area contributed by atoms with Crippen LogP contribution in [0, 0.1) is 6.92 Å². The quantitative estimate of drug-likeness (QED) is 0.742. The van der Waals surface area contributed by atoms with Crippen LogP contribution in [0.2, 0.25) is 0 Å². The number of urea groups is 1. The molecule has 2 aromatic carbocycles. The lowest BCUT2D eigenvalue weighted by molar-refractivity contribution is -0.149. The largest absolute Gasteiger partial charge is 0.480 e. The summed E-state index contributed by atoms with van der Waals surface area (Å²) in [5.74, 6) is -1.45. The number of nitrogens with one attached hydrogen (secondary N) is 2. The summed E-state index contributed by atoms with van der Waals surface area (Å²) in [7, 11) is 0. The first kappa shape index (κ1) is 19.4. The minimum Gasteiger partial charge on any atom is -0.480 e. The Balaban J connectivity index is 1.66. The minimum absolute atomic E-state index is 0.273. The molecule has 0 aromatic heterocycles. The van der Waals surface area contributed by atoms with Crippen LogP contribution >= 0.6 is 0 Å². The van der Waals surface area contributed by atoms with Crippen LogP contribution in [0.1, 0.15) is 30.0 Å². The smallest absolute Gasteiger partial charge is 0.326 e. The molecule has 3 rings (SSSR count). The Hall–Kier alpha value is -3.35. The Morgan fingerprint density at radius 2 is 1.82 bits per heavy atom. The van der Waals surface area contributed by atoms with E-state index < -0.39 is 23.9 Å². The zero-order chi connectivity index (χ0) is 20.1. The number of hydrogen-bond donors (Lipinski definition) is 3. The molecule has 1 fully saturated rings. The third kappa shape index (κ3) is 4.49. The molecule has 7 heteroatoms. The van der Waals surface area contributed by atoms with E-state index in [4.69, 9.17) is 0 Å². The molecule has 1 saturated heterocycles. The number of aliphatic carboxylic acids is 1. The topological polar surface area (TPSA) is 98.7 Å². The summed E-state index contributed by atoms with van der Waals surface area (Å²) in [5.41, 5.74) is 2.52.